The average Bonchev–Trinajstić information content (AvgIpc) is 3.27. The number of carboxylic acid groups (broad SMARTS) is 1. The highest BCUT2D eigenvalue weighted by atomic mass is 19.1. The number of unbranched alkanes of at least 4 members (excludes halogenated alkanes) is 2. The summed E-state index contributed by atoms with van der Waals surface area (Å²) in [4.78, 5) is 30.8. The summed E-state index contributed by atoms with van der Waals surface area (Å²) in [5.74, 6) is -1.72. The Morgan fingerprint density at radius 3 is 2.53 bits per heavy atom. The predicted molar refractivity (Wildman–Crippen MR) is 140 cm³/mol. The second kappa shape index (κ2) is 11.1. The zero-order valence-corrected chi connectivity index (χ0v) is 21.1. The maximum Gasteiger partial charge on any atom is 0.335 e. The van der Waals surface area contributed by atoms with Crippen LogP contribution < -0.4 is 10.2 Å². The molecule has 4 aromatic rings. The molecule has 0 unspecified atom stereocenters. The van der Waals surface area contributed by atoms with Gasteiger partial charge >= 0.3 is 5.97 Å². The van der Waals surface area contributed by atoms with Gasteiger partial charge in [-0.05, 0) is 49.4 Å². The van der Waals surface area contributed by atoms with E-state index in [1.807, 2.05) is 17.0 Å². The molecule has 1 aliphatic rings. The first kappa shape index (κ1) is 25.5. The molecule has 1 fully saturated rings. The second-order valence-corrected chi connectivity index (χ2v) is 9.50. The van der Waals surface area contributed by atoms with Crippen molar-refractivity contribution in [2.45, 2.75) is 51.5 Å². The number of anilines is 3. The van der Waals surface area contributed by atoms with Crippen LogP contribution in [0.25, 0.3) is 11.0 Å². The molecule has 0 saturated carbocycles. The van der Waals surface area contributed by atoms with Crippen molar-refractivity contribution in [1.29, 1.82) is 0 Å². The number of nitrogens with zero attached hydrogens (tertiary/aromatic N) is 6. The van der Waals surface area contributed by atoms with Crippen LogP contribution in [0.15, 0.2) is 43.1 Å². The standard InChI is InChI=1S/C27H29F2N7O2/c1-2-3-4-5-17-13-30-27(31-14-17)35-10-8-19(9-11-35)36-15-21(29)23-24(32-16-33-25(23)36)34-22-7-6-18(26(37)38)12-20(22)28/h6-7,12-16,19H,2-5,8-11H2,1H3,(H,37,38)(H,32,33,34). The fourth-order valence-corrected chi connectivity index (χ4v) is 4.85. The predicted octanol–water partition coefficient (Wildman–Crippen LogP) is 5.52. The Balaban J connectivity index is 1.30. The maximum absolute atomic E-state index is 15.1. The molecule has 3 aromatic heterocycles. The molecule has 5 rings (SSSR count). The summed E-state index contributed by atoms with van der Waals surface area (Å²) in [7, 11) is 0. The summed E-state index contributed by atoms with van der Waals surface area (Å²) in [6, 6.07) is 3.48. The number of aromatic nitrogens is 5. The molecule has 0 amide bonds. The number of nitrogens with one attached hydrogen (secondary N) is 1. The first-order valence-electron chi connectivity index (χ1n) is 12.8. The summed E-state index contributed by atoms with van der Waals surface area (Å²) in [6.45, 7) is 3.62. The third-order valence-corrected chi connectivity index (χ3v) is 6.93. The lowest BCUT2D eigenvalue weighted by Crippen LogP contribution is -2.35. The molecule has 1 saturated heterocycles. The SMILES string of the molecule is CCCCCc1cnc(N2CCC(n3cc(F)c4c(Nc5ccc(C(=O)O)cc5F)ncnc43)CC2)nc1. The molecule has 38 heavy (non-hydrogen) atoms. The smallest absolute Gasteiger partial charge is 0.335 e. The van der Waals surface area contributed by atoms with Crippen molar-refractivity contribution in [3.05, 3.63) is 65.9 Å². The number of rotatable bonds is 9. The number of hydrogen-bond donors (Lipinski definition) is 2. The van der Waals surface area contributed by atoms with E-state index in [1.54, 1.807) is 0 Å². The maximum atomic E-state index is 15.1. The molecular formula is C27H29F2N7O2. The number of benzene rings is 1. The van der Waals surface area contributed by atoms with Crippen LogP contribution in [0.4, 0.5) is 26.2 Å². The van der Waals surface area contributed by atoms with E-state index < -0.39 is 17.6 Å². The Kier molecular flexibility index (Phi) is 7.43. The van der Waals surface area contributed by atoms with Crippen molar-refractivity contribution >= 4 is 34.5 Å². The minimum absolute atomic E-state index is 0.00756. The van der Waals surface area contributed by atoms with Crippen LogP contribution in [0.1, 0.15) is 61.0 Å². The van der Waals surface area contributed by atoms with Crippen molar-refractivity contribution in [2.75, 3.05) is 23.3 Å². The molecule has 4 heterocycles. The average molecular weight is 522 g/mol. The Morgan fingerprint density at radius 2 is 1.84 bits per heavy atom. The lowest BCUT2D eigenvalue weighted by molar-refractivity contribution is 0.0696. The zero-order valence-electron chi connectivity index (χ0n) is 21.1. The molecule has 198 valence electrons. The largest absolute Gasteiger partial charge is 0.478 e. The number of halogens is 2. The van der Waals surface area contributed by atoms with Crippen LogP contribution >= 0.6 is 0 Å². The first-order valence-corrected chi connectivity index (χ1v) is 12.8. The van der Waals surface area contributed by atoms with E-state index in [4.69, 9.17) is 5.11 Å². The summed E-state index contributed by atoms with van der Waals surface area (Å²) < 4.78 is 31.4. The van der Waals surface area contributed by atoms with Crippen LogP contribution in [0, 0.1) is 11.6 Å². The van der Waals surface area contributed by atoms with Gasteiger partial charge in [0.1, 0.15) is 23.6 Å². The summed E-state index contributed by atoms with van der Waals surface area (Å²) in [5, 5.41) is 12.0. The number of hydrogen-bond acceptors (Lipinski definition) is 7. The van der Waals surface area contributed by atoms with Gasteiger partial charge in [-0.3, -0.25) is 0 Å². The minimum Gasteiger partial charge on any atom is -0.478 e. The van der Waals surface area contributed by atoms with Gasteiger partial charge in [0.05, 0.1) is 16.6 Å². The normalized spacial score (nSPS) is 14.2. The van der Waals surface area contributed by atoms with Crippen molar-refractivity contribution in [2.24, 2.45) is 0 Å². The van der Waals surface area contributed by atoms with E-state index >= 15 is 4.39 Å². The molecule has 2 N–H and O–H groups in total. The molecule has 0 radical (unpaired) electrons. The van der Waals surface area contributed by atoms with E-state index in [0.29, 0.717) is 11.6 Å². The van der Waals surface area contributed by atoms with Crippen LogP contribution in [0.5, 0.6) is 0 Å². The van der Waals surface area contributed by atoms with E-state index in [2.05, 4.69) is 37.1 Å². The number of carboxylic acids is 1. The highest BCUT2D eigenvalue weighted by molar-refractivity contribution is 5.91. The van der Waals surface area contributed by atoms with Crippen LogP contribution in [-0.4, -0.2) is 48.7 Å². The van der Waals surface area contributed by atoms with Crippen molar-refractivity contribution in [3.8, 4) is 0 Å². The van der Waals surface area contributed by atoms with Crippen LogP contribution in [0.2, 0.25) is 0 Å². The van der Waals surface area contributed by atoms with E-state index in [-0.39, 0.29) is 28.5 Å². The summed E-state index contributed by atoms with van der Waals surface area (Å²) in [5.41, 5.74) is 1.37. The quantitative estimate of drug-likeness (QED) is 0.277. The van der Waals surface area contributed by atoms with Gasteiger partial charge in [0.2, 0.25) is 5.95 Å². The van der Waals surface area contributed by atoms with Gasteiger partial charge in [0.25, 0.3) is 0 Å². The monoisotopic (exact) mass is 521 g/mol. The molecule has 0 bridgehead atoms. The molecular weight excluding hydrogens is 492 g/mol. The topological polar surface area (TPSA) is 109 Å². The van der Waals surface area contributed by atoms with Gasteiger partial charge in [-0.15, -0.1) is 0 Å². The lowest BCUT2D eigenvalue weighted by atomic mass is 10.1. The third kappa shape index (κ3) is 5.27. The summed E-state index contributed by atoms with van der Waals surface area (Å²) in [6.07, 6.45) is 12.5. The van der Waals surface area contributed by atoms with Gasteiger partial charge in [0.15, 0.2) is 5.82 Å². The van der Waals surface area contributed by atoms with Gasteiger partial charge in [-0.2, -0.15) is 0 Å². The minimum atomic E-state index is -1.24. The number of aryl methyl sites for hydroxylation is 1. The fraction of sp³-hybridized carbons (Fsp3) is 0.370. The van der Waals surface area contributed by atoms with Crippen molar-refractivity contribution in [3.63, 3.8) is 0 Å². The van der Waals surface area contributed by atoms with Crippen LogP contribution in [-0.2, 0) is 6.42 Å². The Morgan fingerprint density at radius 1 is 1.08 bits per heavy atom. The molecule has 0 atom stereocenters. The molecule has 9 nitrogen and oxygen atoms in total. The highest BCUT2D eigenvalue weighted by Crippen LogP contribution is 2.33. The van der Waals surface area contributed by atoms with E-state index in [1.165, 1.54) is 37.5 Å². The number of carbonyl (C=O) groups is 1. The highest BCUT2D eigenvalue weighted by Gasteiger charge is 2.26. The van der Waals surface area contributed by atoms with Crippen molar-refractivity contribution < 1.29 is 18.7 Å². The fourth-order valence-electron chi connectivity index (χ4n) is 4.85. The number of piperidine rings is 1. The number of fused-ring (bicyclic) bond motifs is 1. The second-order valence-electron chi connectivity index (χ2n) is 9.50. The van der Waals surface area contributed by atoms with Gasteiger partial charge in [-0.1, -0.05) is 19.8 Å². The Bertz CT molecular complexity index is 1430. The molecule has 0 aliphatic carbocycles. The lowest BCUT2D eigenvalue weighted by Gasteiger charge is -2.32. The van der Waals surface area contributed by atoms with Gasteiger partial charge < -0.3 is 19.9 Å². The van der Waals surface area contributed by atoms with Crippen molar-refractivity contribution in [1.82, 2.24) is 24.5 Å². The Labute approximate surface area is 218 Å². The summed E-state index contributed by atoms with van der Waals surface area (Å²) >= 11 is 0. The molecule has 1 aromatic carbocycles. The number of aromatic carboxylic acids is 1. The van der Waals surface area contributed by atoms with Crippen LogP contribution in [0.3, 0.4) is 0 Å². The Hall–Kier alpha value is -4.15. The van der Waals surface area contributed by atoms with E-state index in [9.17, 15) is 9.18 Å². The van der Waals surface area contributed by atoms with E-state index in [0.717, 1.165) is 50.4 Å². The first-order chi connectivity index (χ1) is 18.4. The molecule has 11 heteroatoms. The molecule has 0 spiro atoms. The third-order valence-electron chi connectivity index (χ3n) is 6.93. The van der Waals surface area contributed by atoms with Gasteiger partial charge in [0, 0.05) is 37.7 Å². The molecule has 1 aliphatic heterocycles. The van der Waals surface area contributed by atoms with Gasteiger partial charge in [-0.25, -0.2) is 33.5 Å². The zero-order chi connectivity index (χ0) is 26.6.